The van der Waals surface area contributed by atoms with Gasteiger partial charge in [-0.3, -0.25) is 4.57 Å². The van der Waals surface area contributed by atoms with Crippen molar-refractivity contribution < 1.29 is 19.3 Å². The van der Waals surface area contributed by atoms with Crippen molar-refractivity contribution >= 4 is 32.6 Å². The van der Waals surface area contributed by atoms with E-state index in [-0.39, 0.29) is 5.75 Å². The van der Waals surface area contributed by atoms with Gasteiger partial charge in [-0.2, -0.15) is 0 Å². The molecule has 6 rings (SSSR count). The molecular formula is C30H24N2O4. The minimum Gasteiger partial charge on any atom is -0.507 e. The second kappa shape index (κ2) is 8.50. The molecular weight excluding hydrogens is 452 g/mol. The molecule has 5 aromatic carbocycles. The Bertz CT molecular complexity index is 1750. The molecule has 1 aromatic heterocycles. The summed E-state index contributed by atoms with van der Waals surface area (Å²) >= 11 is 0. The van der Waals surface area contributed by atoms with E-state index >= 15 is 0 Å². The van der Waals surface area contributed by atoms with Gasteiger partial charge in [0.2, 0.25) is 5.75 Å². The third-order valence-electron chi connectivity index (χ3n) is 6.58. The molecule has 6 heteroatoms. The van der Waals surface area contributed by atoms with Crippen molar-refractivity contribution in [2.24, 2.45) is 0 Å². The maximum absolute atomic E-state index is 10.8. The molecule has 0 radical (unpaired) electrons. The van der Waals surface area contributed by atoms with Crippen LogP contribution in [0.4, 0.5) is 0 Å². The molecule has 0 spiro atoms. The molecule has 0 bridgehead atoms. The molecule has 0 aliphatic carbocycles. The summed E-state index contributed by atoms with van der Waals surface area (Å²) in [5, 5.41) is 15.2. The molecule has 0 atom stereocenters. The maximum Gasteiger partial charge on any atom is 0.203 e. The first-order valence-electron chi connectivity index (χ1n) is 11.6. The summed E-state index contributed by atoms with van der Waals surface area (Å²) in [6.45, 7) is 0. The van der Waals surface area contributed by atoms with Crippen molar-refractivity contribution in [2.45, 2.75) is 0 Å². The summed E-state index contributed by atoms with van der Waals surface area (Å²) in [6, 6.07) is 27.6. The van der Waals surface area contributed by atoms with Gasteiger partial charge in [-0.25, -0.2) is 4.98 Å². The van der Waals surface area contributed by atoms with E-state index in [0.29, 0.717) is 28.6 Å². The molecule has 0 aliphatic heterocycles. The molecule has 36 heavy (non-hydrogen) atoms. The van der Waals surface area contributed by atoms with Gasteiger partial charge in [0.05, 0.1) is 43.6 Å². The Hall–Kier alpha value is -4.71. The van der Waals surface area contributed by atoms with E-state index in [1.165, 1.54) is 0 Å². The summed E-state index contributed by atoms with van der Waals surface area (Å²) < 4.78 is 19.0. The van der Waals surface area contributed by atoms with Crippen LogP contribution >= 0.6 is 0 Å². The molecule has 0 saturated heterocycles. The quantitative estimate of drug-likeness (QED) is 0.280. The Kier molecular flexibility index (Phi) is 5.15. The number of imidazole rings is 1. The molecule has 0 saturated carbocycles. The lowest BCUT2D eigenvalue weighted by Crippen LogP contribution is -2.02. The molecule has 1 heterocycles. The van der Waals surface area contributed by atoms with E-state index in [2.05, 4.69) is 28.8 Å². The van der Waals surface area contributed by atoms with Crippen molar-refractivity contribution in [3.05, 3.63) is 84.9 Å². The molecule has 0 aliphatic rings. The maximum atomic E-state index is 10.8. The molecule has 0 unspecified atom stereocenters. The van der Waals surface area contributed by atoms with Gasteiger partial charge in [0.25, 0.3) is 0 Å². The number of phenolic OH excluding ortho intramolecular Hbond substituents is 1. The number of benzene rings is 5. The standard InChI is InChI=1S/C30H24N2O4/c1-34-25-16-18(17-26(35-2)29(25)36-3)32-28-22-13-7-5-11-20(22)19-10-4-6-12-21(19)27(28)31-30(32)23-14-8-9-15-24(23)33/h4-17,33H,1-3H3. The Morgan fingerprint density at radius 3 is 1.83 bits per heavy atom. The van der Waals surface area contributed by atoms with Crippen LogP contribution in [0.5, 0.6) is 23.0 Å². The van der Waals surface area contributed by atoms with Gasteiger partial charge >= 0.3 is 0 Å². The van der Waals surface area contributed by atoms with Crippen LogP contribution in [0.3, 0.4) is 0 Å². The lowest BCUT2D eigenvalue weighted by molar-refractivity contribution is 0.324. The SMILES string of the molecule is COc1cc(-n2c(-c3ccccc3O)nc3c4ccccc4c4ccccc4c32)cc(OC)c1OC. The number of methoxy groups -OCH3 is 3. The normalized spacial score (nSPS) is 11.3. The molecule has 178 valence electrons. The Morgan fingerprint density at radius 1 is 0.667 bits per heavy atom. The number of fused-ring (bicyclic) bond motifs is 6. The van der Waals surface area contributed by atoms with Crippen molar-refractivity contribution in [1.29, 1.82) is 0 Å². The number of hydrogen-bond donors (Lipinski definition) is 1. The van der Waals surface area contributed by atoms with Gasteiger partial charge in [-0.05, 0) is 22.9 Å². The Morgan fingerprint density at radius 2 is 1.22 bits per heavy atom. The number of aromatic hydroxyl groups is 1. The van der Waals surface area contributed by atoms with E-state index < -0.39 is 0 Å². The monoisotopic (exact) mass is 476 g/mol. The number of hydrogen-bond acceptors (Lipinski definition) is 5. The van der Waals surface area contributed by atoms with E-state index in [1.54, 1.807) is 33.5 Å². The summed E-state index contributed by atoms with van der Waals surface area (Å²) in [7, 11) is 4.78. The number of para-hydroxylation sites is 1. The number of phenols is 1. The fraction of sp³-hybridized carbons (Fsp3) is 0.100. The first kappa shape index (κ1) is 21.8. The van der Waals surface area contributed by atoms with Gasteiger partial charge in [0, 0.05) is 22.9 Å². The van der Waals surface area contributed by atoms with Gasteiger partial charge in [0.15, 0.2) is 11.5 Å². The van der Waals surface area contributed by atoms with E-state index in [1.807, 2.05) is 48.5 Å². The molecule has 6 aromatic rings. The minimum absolute atomic E-state index is 0.148. The first-order chi connectivity index (χ1) is 17.7. The summed E-state index contributed by atoms with van der Waals surface area (Å²) in [5.41, 5.74) is 3.16. The number of rotatable bonds is 5. The van der Waals surface area contributed by atoms with Crippen LogP contribution < -0.4 is 14.2 Å². The second-order valence-electron chi connectivity index (χ2n) is 8.46. The van der Waals surface area contributed by atoms with Crippen LogP contribution in [0.1, 0.15) is 0 Å². The van der Waals surface area contributed by atoms with Crippen LogP contribution in [0.15, 0.2) is 84.9 Å². The van der Waals surface area contributed by atoms with E-state index in [9.17, 15) is 5.11 Å². The average Bonchev–Trinajstić information content (AvgIpc) is 3.33. The summed E-state index contributed by atoms with van der Waals surface area (Å²) in [4.78, 5) is 5.14. The van der Waals surface area contributed by atoms with Crippen LogP contribution in [-0.2, 0) is 0 Å². The number of ether oxygens (including phenoxy) is 3. The molecule has 0 fully saturated rings. The van der Waals surface area contributed by atoms with Gasteiger partial charge < -0.3 is 19.3 Å². The number of nitrogens with zero attached hydrogens (tertiary/aromatic N) is 2. The fourth-order valence-corrected chi connectivity index (χ4v) is 5.00. The molecule has 1 N–H and O–H groups in total. The van der Waals surface area contributed by atoms with Crippen LogP contribution in [-0.4, -0.2) is 36.0 Å². The average molecular weight is 477 g/mol. The number of aromatic nitrogens is 2. The van der Waals surface area contributed by atoms with Crippen molar-refractivity contribution in [3.8, 4) is 40.1 Å². The third-order valence-corrected chi connectivity index (χ3v) is 6.58. The molecule has 6 nitrogen and oxygen atoms in total. The van der Waals surface area contributed by atoms with Gasteiger partial charge in [-0.15, -0.1) is 0 Å². The van der Waals surface area contributed by atoms with Crippen molar-refractivity contribution in [2.75, 3.05) is 21.3 Å². The van der Waals surface area contributed by atoms with Gasteiger partial charge in [0.1, 0.15) is 11.6 Å². The summed E-state index contributed by atoms with van der Waals surface area (Å²) in [6.07, 6.45) is 0. The van der Waals surface area contributed by atoms with E-state index in [4.69, 9.17) is 19.2 Å². The highest BCUT2D eigenvalue weighted by Gasteiger charge is 2.23. The smallest absolute Gasteiger partial charge is 0.203 e. The predicted molar refractivity (Wildman–Crippen MR) is 143 cm³/mol. The highest BCUT2D eigenvalue weighted by atomic mass is 16.5. The topological polar surface area (TPSA) is 65.7 Å². The van der Waals surface area contributed by atoms with Crippen molar-refractivity contribution in [1.82, 2.24) is 9.55 Å². The van der Waals surface area contributed by atoms with Crippen molar-refractivity contribution in [3.63, 3.8) is 0 Å². The first-order valence-corrected chi connectivity index (χ1v) is 11.6. The minimum atomic E-state index is 0.148. The highest BCUT2D eigenvalue weighted by molar-refractivity contribution is 6.24. The molecule has 0 amide bonds. The fourth-order valence-electron chi connectivity index (χ4n) is 5.00. The lowest BCUT2D eigenvalue weighted by atomic mass is 10.00. The largest absolute Gasteiger partial charge is 0.507 e. The zero-order chi connectivity index (χ0) is 24.8. The third kappa shape index (κ3) is 3.15. The Labute approximate surface area is 207 Å². The Balaban J connectivity index is 1.85. The lowest BCUT2D eigenvalue weighted by Gasteiger charge is -2.17. The van der Waals surface area contributed by atoms with Crippen LogP contribution in [0.2, 0.25) is 0 Å². The summed E-state index contributed by atoms with van der Waals surface area (Å²) in [5.74, 6) is 2.32. The second-order valence-corrected chi connectivity index (χ2v) is 8.46. The van der Waals surface area contributed by atoms with Gasteiger partial charge in [-0.1, -0.05) is 60.7 Å². The van der Waals surface area contributed by atoms with Crippen LogP contribution in [0.25, 0.3) is 49.7 Å². The zero-order valence-corrected chi connectivity index (χ0v) is 20.1. The van der Waals surface area contributed by atoms with Crippen LogP contribution in [0, 0.1) is 0 Å². The predicted octanol–water partition coefficient (Wildman–Crippen LogP) is 6.73. The van der Waals surface area contributed by atoms with E-state index in [0.717, 1.165) is 38.3 Å². The highest BCUT2D eigenvalue weighted by Crippen LogP contribution is 2.44. The zero-order valence-electron chi connectivity index (χ0n) is 20.1.